The van der Waals surface area contributed by atoms with Crippen LogP contribution in [0.4, 0.5) is 0 Å². The van der Waals surface area contributed by atoms with Crippen molar-refractivity contribution in [2.24, 2.45) is 4.99 Å². The van der Waals surface area contributed by atoms with Crippen LogP contribution in [0.25, 0.3) is 0 Å². The molecular weight excluding hydrogens is 172 g/mol. The summed E-state index contributed by atoms with van der Waals surface area (Å²) in [5.41, 5.74) is 1.19. The van der Waals surface area contributed by atoms with Crippen LogP contribution in [0.2, 0.25) is 0 Å². The smallest absolute Gasteiger partial charge is 0.130 e. The van der Waals surface area contributed by atoms with Crippen LogP contribution in [-0.2, 0) is 0 Å². The molecule has 0 N–H and O–H groups in total. The third-order valence-corrected chi connectivity index (χ3v) is 2.18. The summed E-state index contributed by atoms with van der Waals surface area (Å²) in [4.78, 5) is 6.67. The first-order chi connectivity index (χ1) is 6.79. The Hall–Kier alpha value is -1.31. The molecule has 0 aliphatic rings. The van der Waals surface area contributed by atoms with Crippen LogP contribution < -0.4 is 0 Å². The highest BCUT2D eigenvalue weighted by Crippen LogP contribution is 2.04. The van der Waals surface area contributed by atoms with Gasteiger partial charge in [0.1, 0.15) is 5.84 Å². The highest BCUT2D eigenvalue weighted by Gasteiger charge is 2.05. The van der Waals surface area contributed by atoms with Gasteiger partial charge in [0, 0.05) is 25.7 Å². The summed E-state index contributed by atoms with van der Waals surface area (Å²) in [6, 6.07) is 10.3. The molecule has 0 radical (unpaired) electrons. The van der Waals surface area contributed by atoms with Crippen LogP contribution >= 0.6 is 0 Å². The van der Waals surface area contributed by atoms with E-state index in [0.29, 0.717) is 0 Å². The molecule has 1 rings (SSSR count). The molecule has 0 fully saturated rings. The molecule has 0 bridgehead atoms. The summed E-state index contributed by atoms with van der Waals surface area (Å²) in [5.74, 6) is 1.08. The van der Waals surface area contributed by atoms with E-state index < -0.39 is 0 Å². The summed E-state index contributed by atoms with van der Waals surface area (Å²) in [5, 5.41) is 0. The van der Waals surface area contributed by atoms with Gasteiger partial charge in [-0.3, -0.25) is 4.99 Å². The van der Waals surface area contributed by atoms with Gasteiger partial charge in [0.05, 0.1) is 0 Å². The van der Waals surface area contributed by atoms with Crippen molar-refractivity contribution in [3.63, 3.8) is 0 Å². The number of benzene rings is 1. The minimum absolute atomic E-state index is 0.828. The maximum absolute atomic E-state index is 4.51. The quantitative estimate of drug-likeness (QED) is 0.528. The first-order valence-corrected chi connectivity index (χ1v) is 5.10. The zero-order valence-electron chi connectivity index (χ0n) is 9.20. The molecule has 1 aromatic rings. The normalized spacial score (nSPS) is 11.5. The molecule has 2 heteroatoms. The van der Waals surface area contributed by atoms with E-state index in [2.05, 4.69) is 42.9 Å². The predicted octanol–water partition coefficient (Wildman–Crippen LogP) is 2.40. The topological polar surface area (TPSA) is 15.6 Å². The van der Waals surface area contributed by atoms with Crippen molar-refractivity contribution >= 4 is 5.84 Å². The fraction of sp³-hybridized carbons (Fsp3) is 0.417. The molecule has 0 atom stereocenters. The van der Waals surface area contributed by atoms with Crippen LogP contribution in [0, 0.1) is 0 Å². The Morgan fingerprint density at radius 2 is 1.86 bits per heavy atom. The molecule has 14 heavy (non-hydrogen) atoms. The fourth-order valence-corrected chi connectivity index (χ4v) is 1.32. The Bertz CT molecular complexity index is 290. The maximum atomic E-state index is 4.51. The highest BCUT2D eigenvalue weighted by atomic mass is 15.2. The lowest BCUT2D eigenvalue weighted by molar-refractivity contribution is 0.534. The van der Waals surface area contributed by atoms with Crippen LogP contribution in [0.5, 0.6) is 0 Å². The molecule has 0 aliphatic carbocycles. The molecule has 0 saturated heterocycles. The molecule has 0 saturated carbocycles. The van der Waals surface area contributed by atoms with Crippen LogP contribution in [-0.4, -0.2) is 30.9 Å². The lowest BCUT2D eigenvalue weighted by Crippen LogP contribution is -2.27. The average Bonchev–Trinajstić information content (AvgIpc) is 2.26. The first kappa shape index (κ1) is 10.8. The third-order valence-electron chi connectivity index (χ3n) is 2.18. The van der Waals surface area contributed by atoms with Crippen molar-refractivity contribution in [3.05, 3.63) is 35.9 Å². The Balaban J connectivity index is 2.95. The van der Waals surface area contributed by atoms with Gasteiger partial charge in [-0.25, -0.2) is 0 Å². The largest absolute Gasteiger partial charge is 0.360 e. The molecule has 0 aliphatic heterocycles. The van der Waals surface area contributed by atoms with Gasteiger partial charge in [-0.15, -0.1) is 0 Å². The van der Waals surface area contributed by atoms with E-state index in [1.165, 1.54) is 5.56 Å². The van der Waals surface area contributed by atoms with E-state index in [1.54, 1.807) is 0 Å². The lowest BCUT2D eigenvalue weighted by atomic mass is 10.2. The second kappa shape index (κ2) is 5.43. The predicted molar refractivity (Wildman–Crippen MR) is 61.8 cm³/mol. The second-order valence-electron chi connectivity index (χ2n) is 3.18. The van der Waals surface area contributed by atoms with E-state index in [4.69, 9.17) is 0 Å². The summed E-state index contributed by atoms with van der Waals surface area (Å²) >= 11 is 0. The van der Waals surface area contributed by atoms with Gasteiger partial charge >= 0.3 is 0 Å². The van der Waals surface area contributed by atoms with Crippen LogP contribution in [0.15, 0.2) is 35.3 Å². The van der Waals surface area contributed by atoms with Gasteiger partial charge in [-0.1, -0.05) is 30.3 Å². The van der Waals surface area contributed by atoms with Crippen molar-refractivity contribution in [2.75, 3.05) is 20.1 Å². The van der Waals surface area contributed by atoms with Gasteiger partial charge in [0.25, 0.3) is 0 Å². The number of nitrogens with zero attached hydrogens (tertiary/aromatic N) is 2. The lowest BCUT2D eigenvalue weighted by Gasteiger charge is -2.19. The van der Waals surface area contributed by atoms with E-state index in [9.17, 15) is 0 Å². The summed E-state index contributed by atoms with van der Waals surface area (Å²) in [6.45, 7) is 6.00. The van der Waals surface area contributed by atoms with Gasteiger partial charge in [0.2, 0.25) is 0 Å². The first-order valence-electron chi connectivity index (χ1n) is 5.10. The van der Waals surface area contributed by atoms with Crippen molar-refractivity contribution < 1.29 is 0 Å². The zero-order valence-corrected chi connectivity index (χ0v) is 9.20. The molecule has 0 aromatic heterocycles. The minimum Gasteiger partial charge on any atom is -0.360 e. The zero-order chi connectivity index (χ0) is 10.4. The van der Waals surface area contributed by atoms with Gasteiger partial charge in [-0.2, -0.15) is 0 Å². The Kier molecular flexibility index (Phi) is 4.17. The van der Waals surface area contributed by atoms with Crippen molar-refractivity contribution in [3.8, 4) is 0 Å². The second-order valence-corrected chi connectivity index (χ2v) is 3.18. The number of rotatable bonds is 3. The summed E-state index contributed by atoms with van der Waals surface area (Å²) < 4.78 is 0. The van der Waals surface area contributed by atoms with Crippen LogP contribution in [0.1, 0.15) is 19.4 Å². The number of aliphatic imine (C=N–C) groups is 1. The molecule has 0 spiro atoms. The van der Waals surface area contributed by atoms with Crippen molar-refractivity contribution in [2.45, 2.75) is 13.8 Å². The maximum Gasteiger partial charge on any atom is 0.130 e. The number of hydrogen-bond acceptors (Lipinski definition) is 1. The van der Waals surface area contributed by atoms with Crippen LogP contribution in [0.3, 0.4) is 0 Å². The van der Waals surface area contributed by atoms with E-state index in [1.807, 2.05) is 18.2 Å². The van der Waals surface area contributed by atoms with E-state index >= 15 is 0 Å². The molecule has 0 unspecified atom stereocenters. The molecule has 0 amide bonds. The molecule has 2 nitrogen and oxygen atoms in total. The van der Waals surface area contributed by atoms with Crippen molar-refractivity contribution in [1.82, 2.24) is 4.90 Å². The Morgan fingerprint density at radius 1 is 1.21 bits per heavy atom. The number of hydrogen-bond donors (Lipinski definition) is 0. The summed E-state index contributed by atoms with van der Waals surface area (Å²) in [7, 11) is 2.07. The SMILES string of the molecule is CCN=C(c1ccccc1)N(C)CC. The fourth-order valence-electron chi connectivity index (χ4n) is 1.32. The number of amidine groups is 1. The van der Waals surface area contributed by atoms with Gasteiger partial charge in [-0.05, 0) is 13.8 Å². The molecule has 0 heterocycles. The van der Waals surface area contributed by atoms with E-state index in [0.717, 1.165) is 18.9 Å². The summed E-state index contributed by atoms with van der Waals surface area (Å²) in [6.07, 6.45) is 0. The Morgan fingerprint density at radius 3 is 2.36 bits per heavy atom. The van der Waals surface area contributed by atoms with Gasteiger partial charge < -0.3 is 4.90 Å². The third kappa shape index (κ3) is 2.59. The average molecular weight is 190 g/mol. The minimum atomic E-state index is 0.828. The van der Waals surface area contributed by atoms with Gasteiger partial charge in [0.15, 0.2) is 0 Å². The monoisotopic (exact) mass is 190 g/mol. The molecule has 76 valence electrons. The molecular formula is C12H18N2. The highest BCUT2D eigenvalue weighted by molar-refractivity contribution is 5.98. The standard InChI is InChI=1S/C12H18N2/c1-4-13-12(14(3)5-2)11-9-7-6-8-10-11/h6-10H,4-5H2,1-3H3. The molecule has 1 aromatic carbocycles. The van der Waals surface area contributed by atoms with E-state index in [-0.39, 0.29) is 0 Å². The Labute approximate surface area is 86.3 Å². The van der Waals surface area contributed by atoms with Crippen molar-refractivity contribution in [1.29, 1.82) is 0 Å².